The molecular weight excluding hydrogens is 494 g/mol. The molecule has 7 nitrogen and oxygen atoms in total. The second kappa shape index (κ2) is 30.4. The molecule has 230 valence electrons. The first-order valence-electron chi connectivity index (χ1n) is 13.5. The zero-order valence-corrected chi connectivity index (χ0v) is 23.7. The second-order valence-corrected chi connectivity index (χ2v) is 8.52. The van der Waals surface area contributed by atoms with Crippen LogP contribution in [0.2, 0.25) is 0 Å². The summed E-state index contributed by atoms with van der Waals surface area (Å²) in [5, 5.41) is 9.35. The van der Waals surface area contributed by atoms with Crippen LogP contribution in [0.25, 0.3) is 0 Å². The van der Waals surface area contributed by atoms with Gasteiger partial charge < -0.3 is 20.3 Å². The number of nitrogens with two attached hydrogens (primary N) is 1. The quantitative estimate of drug-likeness (QED) is 0.0946. The molecule has 0 spiro atoms. The fourth-order valence-electron chi connectivity index (χ4n) is 3.02. The van der Waals surface area contributed by atoms with Gasteiger partial charge in [-0.15, -0.1) is 0 Å². The standard InChI is InChI=1S/C30H38O5.C2H5NO.9H2/c1-3-5-7-9-11-13-14-15-17-19-21-23-25-30(33)35-28(26-31)27-34-29(32)24-22-20-18-16-12-10-8-6-4-2;1-2(3)4;;;;;;;;;/h28,31H,3,5,7,9,11,13-15,17,19,21,23,25-27H2,1-2H3;1H3,(H2,3,4);9*1H/t28-;;;;;;;;;;/m0........../s1. The van der Waals surface area contributed by atoms with Crippen molar-refractivity contribution in [3.8, 4) is 59.2 Å². The summed E-state index contributed by atoms with van der Waals surface area (Å²) in [5.41, 5.74) is 4.47. The van der Waals surface area contributed by atoms with Gasteiger partial charge in [-0.1, -0.05) is 83.5 Å². The molecule has 0 aromatic carbocycles. The van der Waals surface area contributed by atoms with Crippen molar-refractivity contribution in [1.29, 1.82) is 0 Å². The van der Waals surface area contributed by atoms with Crippen LogP contribution < -0.4 is 5.73 Å². The normalized spacial score (nSPS) is 9.33. The van der Waals surface area contributed by atoms with Gasteiger partial charge in [0.25, 0.3) is 0 Å². The summed E-state index contributed by atoms with van der Waals surface area (Å²) in [5.74, 6) is 22.7. The lowest BCUT2D eigenvalue weighted by atomic mass is 10.0. The van der Waals surface area contributed by atoms with Crippen molar-refractivity contribution in [2.45, 2.75) is 110 Å². The molecule has 0 aliphatic carbocycles. The zero-order chi connectivity index (χ0) is 29.4. The van der Waals surface area contributed by atoms with E-state index in [1.165, 1.54) is 64.7 Å². The van der Waals surface area contributed by atoms with Gasteiger partial charge in [0.2, 0.25) is 5.91 Å². The highest BCUT2D eigenvalue weighted by Crippen LogP contribution is 2.12. The molecule has 7 heteroatoms. The van der Waals surface area contributed by atoms with E-state index in [0.29, 0.717) is 0 Å². The molecule has 0 aromatic heterocycles. The summed E-state index contributed by atoms with van der Waals surface area (Å²) in [6.45, 7) is 4.50. The first-order valence-corrected chi connectivity index (χ1v) is 13.5. The zero-order valence-electron chi connectivity index (χ0n) is 23.7. The summed E-state index contributed by atoms with van der Waals surface area (Å²) in [6.07, 6.45) is 14.0. The van der Waals surface area contributed by atoms with E-state index >= 15 is 0 Å². The molecule has 0 bridgehead atoms. The molecule has 0 unspecified atom stereocenters. The third-order valence-electron chi connectivity index (χ3n) is 4.86. The smallest absolute Gasteiger partial charge is 0.385 e. The Morgan fingerprint density at radius 1 is 0.769 bits per heavy atom. The van der Waals surface area contributed by atoms with Gasteiger partial charge in [0.1, 0.15) is 6.61 Å². The van der Waals surface area contributed by atoms with Crippen molar-refractivity contribution in [3.63, 3.8) is 0 Å². The summed E-state index contributed by atoms with van der Waals surface area (Å²) in [4.78, 5) is 32.8. The number of carbonyl (C=O) groups excluding carboxylic acids is 3. The van der Waals surface area contributed by atoms with E-state index in [1.807, 2.05) is 0 Å². The first-order chi connectivity index (χ1) is 18.9. The lowest BCUT2D eigenvalue weighted by Gasteiger charge is -2.14. The second-order valence-electron chi connectivity index (χ2n) is 8.52. The molecular formula is C32H61NO6. The van der Waals surface area contributed by atoms with E-state index in [9.17, 15) is 19.5 Å². The van der Waals surface area contributed by atoms with Crippen LogP contribution >= 0.6 is 0 Å². The highest BCUT2D eigenvalue weighted by molar-refractivity contribution is 5.89. The number of aliphatic hydroxyl groups is 1. The maximum atomic E-state index is 11.9. The number of primary amides is 1. The highest BCUT2D eigenvalue weighted by Gasteiger charge is 2.15. The molecule has 0 aliphatic rings. The molecule has 0 heterocycles. The van der Waals surface area contributed by atoms with Gasteiger partial charge in [-0.05, 0) is 60.7 Å². The van der Waals surface area contributed by atoms with Crippen LogP contribution in [0, 0.1) is 59.2 Å². The van der Waals surface area contributed by atoms with Crippen molar-refractivity contribution in [3.05, 3.63) is 0 Å². The minimum atomic E-state index is -0.910. The molecule has 0 rings (SSSR count). The molecule has 3 N–H and O–H groups in total. The monoisotopic (exact) mass is 555 g/mol. The van der Waals surface area contributed by atoms with Crippen molar-refractivity contribution < 1.29 is 41.8 Å². The molecule has 1 atom stereocenters. The molecule has 0 saturated carbocycles. The fourth-order valence-corrected chi connectivity index (χ4v) is 3.02. The third kappa shape index (κ3) is 34.2. The molecule has 0 aromatic rings. The van der Waals surface area contributed by atoms with E-state index in [4.69, 9.17) is 9.47 Å². The Labute approximate surface area is 248 Å². The van der Waals surface area contributed by atoms with E-state index in [2.05, 4.69) is 71.9 Å². The van der Waals surface area contributed by atoms with Crippen LogP contribution in [-0.4, -0.2) is 42.3 Å². The molecule has 0 saturated heterocycles. The lowest BCUT2D eigenvalue weighted by molar-refractivity contribution is -0.159. The predicted molar refractivity (Wildman–Crippen MR) is 172 cm³/mol. The Morgan fingerprint density at radius 3 is 1.67 bits per heavy atom. The SMILES string of the molecule is CC#CC#CC#CC#CC#CC(=O)OC[C@H](CO)OC(=O)CCCCCCCCCCCCCC.CC(N)=O.[HH].[HH].[HH].[HH].[HH].[HH].[HH].[HH].[HH]. The number of hydrogen-bond acceptors (Lipinski definition) is 6. The van der Waals surface area contributed by atoms with Crippen LogP contribution in [0.4, 0.5) is 0 Å². The molecule has 0 aliphatic heterocycles. The van der Waals surface area contributed by atoms with E-state index in [0.717, 1.165) is 19.3 Å². The van der Waals surface area contributed by atoms with Gasteiger partial charge in [0.05, 0.1) is 6.61 Å². The summed E-state index contributed by atoms with van der Waals surface area (Å²) in [7, 11) is 0. The van der Waals surface area contributed by atoms with Gasteiger partial charge >= 0.3 is 11.9 Å². The minimum Gasteiger partial charge on any atom is -0.456 e. The topological polar surface area (TPSA) is 116 Å². The van der Waals surface area contributed by atoms with E-state index in [1.54, 1.807) is 6.92 Å². The third-order valence-corrected chi connectivity index (χ3v) is 4.86. The number of amides is 1. The molecule has 0 radical (unpaired) electrons. The van der Waals surface area contributed by atoms with E-state index < -0.39 is 24.6 Å². The van der Waals surface area contributed by atoms with Gasteiger partial charge in [0, 0.05) is 32.1 Å². The van der Waals surface area contributed by atoms with Crippen LogP contribution in [0.3, 0.4) is 0 Å². The van der Waals surface area contributed by atoms with E-state index in [-0.39, 0.29) is 31.8 Å². The van der Waals surface area contributed by atoms with Crippen LogP contribution in [0.5, 0.6) is 0 Å². The van der Waals surface area contributed by atoms with Crippen molar-refractivity contribution in [2.75, 3.05) is 13.2 Å². The largest absolute Gasteiger partial charge is 0.456 e. The first kappa shape index (κ1) is 37.3. The summed E-state index contributed by atoms with van der Waals surface area (Å²) >= 11 is 0. The number of ether oxygens (including phenoxy) is 2. The number of hydrogen-bond donors (Lipinski definition) is 2. The Bertz CT molecular complexity index is 1030. The maximum absolute atomic E-state index is 11.9. The number of aliphatic hydroxyl groups excluding tert-OH is 1. The number of carbonyl (C=O) groups is 3. The Morgan fingerprint density at radius 2 is 1.21 bits per heavy atom. The van der Waals surface area contributed by atoms with Gasteiger partial charge in [-0.2, -0.15) is 0 Å². The van der Waals surface area contributed by atoms with Gasteiger partial charge in [-0.3, -0.25) is 9.59 Å². The number of esters is 2. The Kier molecular flexibility index (Phi) is 29.1. The van der Waals surface area contributed by atoms with Crippen LogP contribution in [0.15, 0.2) is 0 Å². The van der Waals surface area contributed by atoms with Crippen LogP contribution in [-0.2, 0) is 23.9 Å². The number of rotatable bonds is 17. The van der Waals surface area contributed by atoms with Crippen molar-refractivity contribution in [1.82, 2.24) is 0 Å². The minimum absolute atomic E-state index is 0. The maximum Gasteiger partial charge on any atom is 0.385 e. The number of unbranched alkanes of at least 4 members (excludes halogenated alkanes) is 11. The Balaban J connectivity index is -0.000000110. The lowest BCUT2D eigenvalue weighted by Crippen LogP contribution is -2.28. The van der Waals surface area contributed by atoms with Crippen molar-refractivity contribution >= 4 is 17.8 Å². The fraction of sp³-hybridized carbons (Fsp3) is 0.594. The molecule has 39 heavy (non-hydrogen) atoms. The summed E-state index contributed by atoms with van der Waals surface area (Å²) < 4.78 is 10.1. The Hall–Kier alpha value is -3.83. The molecule has 1 amide bonds. The highest BCUT2D eigenvalue weighted by atomic mass is 16.6. The predicted octanol–water partition coefficient (Wildman–Crippen LogP) is 6.27. The van der Waals surface area contributed by atoms with Crippen LogP contribution in [0.1, 0.15) is 117 Å². The molecule has 0 fully saturated rings. The average molecular weight is 556 g/mol. The van der Waals surface area contributed by atoms with Gasteiger partial charge in [0.15, 0.2) is 6.10 Å². The average Bonchev–Trinajstić information content (AvgIpc) is 2.90. The summed E-state index contributed by atoms with van der Waals surface area (Å²) in [6, 6.07) is 0. The van der Waals surface area contributed by atoms with Crippen molar-refractivity contribution in [2.24, 2.45) is 5.73 Å². The van der Waals surface area contributed by atoms with Gasteiger partial charge in [-0.25, -0.2) is 4.79 Å².